The van der Waals surface area contributed by atoms with Crippen molar-refractivity contribution in [3.63, 3.8) is 0 Å². The summed E-state index contributed by atoms with van der Waals surface area (Å²) in [5.74, 6) is 0. The van der Waals surface area contributed by atoms with E-state index in [9.17, 15) is 5.11 Å². The van der Waals surface area contributed by atoms with Gasteiger partial charge in [0.05, 0.1) is 10.4 Å². The highest BCUT2D eigenvalue weighted by Gasteiger charge is 2.25. The van der Waals surface area contributed by atoms with Crippen LogP contribution in [0.4, 0.5) is 0 Å². The minimum Gasteiger partial charge on any atom is -0.387 e. The maximum Gasteiger partial charge on any atom is 0.0937 e. The standard InChI is InChI=1S/C10H13BrO/c1-10(2,11)9(12)8-6-4-3-5-7-8/h3-7,9,12H,1-2H3. The van der Waals surface area contributed by atoms with Gasteiger partial charge >= 0.3 is 0 Å². The zero-order chi connectivity index (χ0) is 9.19. The molecule has 1 atom stereocenters. The van der Waals surface area contributed by atoms with Crippen molar-refractivity contribution in [2.24, 2.45) is 0 Å². The number of halogens is 1. The van der Waals surface area contributed by atoms with Crippen molar-refractivity contribution in [2.75, 3.05) is 0 Å². The molecule has 0 saturated carbocycles. The van der Waals surface area contributed by atoms with E-state index in [2.05, 4.69) is 15.9 Å². The lowest BCUT2D eigenvalue weighted by Gasteiger charge is -2.23. The van der Waals surface area contributed by atoms with Gasteiger partial charge in [0.15, 0.2) is 0 Å². The van der Waals surface area contributed by atoms with E-state index in [-0.39, 0.29) is 4.32 Å². The summed E-state index contributed by atoms with van der Waals surface area (Å²) in [6.45, 7) is 3.90. The zero-order valence-corrected chi connectivity index (χ0v) is 8.88. The molecular formula is C10H13BrO. The highest BCUT2D eigenvalue weighted by atomic mass is 79.9. The molecule has 1 nitrogen and oxygen atoms in total. The molecule has 0 radical (unpaired) electrons. The molecular weight excluding hydrogens is 216 g/mol. The molecule has 0 aliphatic rings. The van der Waals surface area contributed by atoms with Crippen molar-refractivity contribution in [3.8, 4) is 0 Å². The summed E-state index contributed by atoms with van der Waals surface area (Å²) in [4.78, 5) is 0. The van der Waals surface area contributed by atoms with E-state index in [0.29, 0.717) is 0 Å². The molecule has 1 rings (SSSR count). The minimum absolute atomic E-state index is 0.269. The quantitative estimate of drug-likeness (QED) is 0.773. The summed E-state index contributed by atoms with van der Waals surface area (Å²) >= 11 is 3.43. The van der Waals surface area contributed by atoms with Crippen LogP contribution in [-0.2, 0) is 0 Å². The van der Waals surface area contributed by atoms with Gasteiger partial charge in [-0.3, -0.25) is 0 Å². The molecule has 1 N–H and O–H groups in total. The lowest BCUT2D eigenvalue weighted by Crippen LogP contribution is -2.21. The molecule has 0 heterocycles. The highest BCUT2D eigenvalue weighted by molar-refractivity contribution is 9.10. The first-order valence-electron chi connectivity index (χ1n) is 3.94. The normalized spacial score (nSPS) is 14.3. The van der Waals surface area contributed by atoms with Gasteiger partial charge in [0.1, 0.15) is 0 Å². The van der Waals surface area contributed by atoms with E-state index in [1.807, 2.05) is 44.2 Å². The van der Waals surface area contributed by atoms with Gasteiger partial charge in [-0.15, -0.1) is 0 Å². The predicted molar refractivity (Wildman–Crippen MR) is 54.4 cm³/mol. The van der Waals surface area contributed by atoms with Crippen LogP contribution in [-0.4, -0.2) is 9.43 Å². The van der Waals surface area contributed by atoms with E-state index in [1.165, 1.54) is 0 Å². The van der Waals surface area contributed by atoms with Crippen LogP contribution >= 0.6 is 15.9 Å². The van der Waals surface area contributed by atoms with Crippen molar-refractivity contribution < 1.29 is 5.11 Å². The first-order valence-corrected chi connectivity index (χ1v) is 4.73. The predicted octanol–water partition coefficient (Wildman–Crippen LogP) is 2.89. The molecule has 1 aromatic rings. The van der Waals surface area contributed by atoms with E-state index < -0.39 is 6.10 Å². The van der Waals surface area contributed by atoms with Crippen LogP contribution in [0, 0.1) is 0 Å². The average Bonchev–Trinajstić information content (AvgIpc) is 2.03. The number of hydrogen-bond acceptors (Lipinski definition) is 1. The molecule has 0 aromatic heterocycles. The highest BCUT2D eigenvalue weighted by Crippen LogP contribution is 2.32. The minimum atomic E-state index is -0.460. The number of aliphatic hydroxyl groups excluding tert-OH is 1. The van der Waals surface area contributed by atoms with Gasteiger partial charge in [-0.05, 0) is 19.4 Å². The van der Waals surface area contributed by atoms with Gasteiger partial charge in [0, 0.05) is 0 Å². The summed E-state index contributed by atoms with van der Waals surface area (Å²) in [5, 5.41) is 9.81. The second-order valence-corrected chi connectivity index (χ2v) is 5.42. The molecule has 0 saturated heterocycles. The molecule has 66 valence electrons. The first-order chi connectivity index (χ1) is 5.52. The summed E-state index contributed by atoms with van der Waals surface area (Å²) in [6.07, 6.45) is -0.460. The molecule has 1 aromatic carbocycles. The van der Waals surface area contributed by atoms with Gasteiger partial charge in [-0.2, -0.15) is 0 Å². The fourth-order valence-corrected chi connectivity index (χ4v) is 1.30. The van der Waals surface area contributed by atoms with E-state index >= 15 is 0 Å². The molecule has 0 bridgehead atoms. The topological polar surface area (TPSA) is 20.2 Å². The van der Waals surface area contributed by atoms with Crippen LogP contribution in [0.5, 0.6) is 0 Å². The van der Waals surface area contributed by atoms with Gasteiger partial charge in [0.25, 0.3) is 0 Å². The Hall–Kier alpha value is -0.340. The number of benzene rings is 1. The van der Waals surface area contributed by atoms with Crippen LogP contribution in [0.15, 0.2) is 30.3 Å². The Morgan fingerprint density at radius 3 is 2.17 bits per heavy atom. The molecule has 0 spiro atoms. The van der Waals surface area contributed by atoms with Gasteiger partial charge < -0.3 is 5.11 Å². The Morgan fingerprint density at radius 2 is 1.75 bits per heavy atom. The number of hydrogen-bond donors (Lipinski definition) is 1. The molecule has 0 amide bonds. The maximum atomic E-state index is 9.81. The van der Waals surface area contributed by atoms with Crippen molar-refractivity contribution in [3.05, 3.63) is 35.9 Å². The van der Waals surface area contributed by atoms with E-state index in [4.69, 9.17) is 0 Å². The van der Waals surface area contributed by atoms with Crippen LogP contribution in [0.3, 0.4) is 0 Å². The van der Waals surface area contributed by atoms with Gasteiger partial charge in [0.2, 0.25) is 0 Å². The van der Waals surface area contributed by atoms with Crippen molar-refractivity contribution in [2.45, 2.75) is 24.3 Å². The van der Waals surface area contributed by atoms with Crippen LogP contribution < -0.4 is 0 Å². The Bertz CT molecular complexity index is 238. The van der Waals surface area contributed by atoms with Crippen LogP contribution in [0.25, 0.3) is 0 Å². The Balaban J connectivity index is 2.86. The van der Waals surface area contributed by atoms with Gasteiger partial charge in [-0.25, -0.2) is 0 Å². The van der Waals surface area contributed by atoms with Crippen LogP contribution in [0.2, 0.25) is 0 Å². The average molecular weight is 229 g/mol. The van der Waals surface area contributed by atoms with Crippen molar-refractivity contribution in [1.29, 1.82) is 0 Å². The Labute approximate surface area is 81.6 Å². The largest absolute Gasteiger partial charge is 0.387 e. The van der Waals surface area contributed by atoms with Crippen molar-refractivity contribution in [1.82, 2.24) is 0 Å². The number of alkyl halides is 1. The van der Waals surface area contributed by atoms with Crippen LogP contribution in [0.1, 0.15) is 25.5 Å². The SMILES string of the molecule is CC(C)(Br)C(O)c1ccccc1. The third kappa shape index (κ3) is 2.32. The van der Waals surface area contributed by atoms with E-state index in [0.717, 1.165) is 5.56 Å². The first kappa shape index (κ1) is 9.75. The molecule has 0 aliphatic carbocycles. The Kier molecular flexibility index (Phi) is 2.91. The molecule has 12 heavy (non-hydrogen) atoms. The Morgan fingerprint density at radius 1 is 1.25 bits per heavy atom. The lowest BCUT2D eigenvalue weighted by molar-refractivity contribution is 0.147. The van der Waals surface area contributed by atoms with Crippen molar-refractivity contribution >= 4 is 15.9 Å². The third-order valence-electron chi connectivity index (χ3n) is 1.77. The van der Waals surface area contributed by atoms with Gasteiger partial charge in [-0.1, -0.05) is 46.3 Å². The maximum absolute atomic E-state index is 9.81. The molecule has 2 heteroatoms. The fraction of sp³-hybridized carbons (Fsp3) is 0.400. The zero-order valence-electron chi connectivity index (χ0n) is 7.29. The number of aliphatic hydroxyl groups is 1. The summed E-state index contributed by atoms with van der Waals surface area (Å²) in [7, 11) is 0. The summed E-state index contributed by atoms with van der Waals surface area (Å²) in [6, 6.07) is 9.65. The fourth-order valence-electron chi connectivity index (χ4n) is 1.03. The second-order valence-electron chi connectivity index (χ2n) is 3.38. The summed E-state index contributed by atoms with van der Waals surface area (Å²) < 4.78 is -0.269. The van der Waals surface area contributed by atoms with E-state index in [1.54, 1.807) is 0 Å². The smallest absolute Gasteiger partial charge is 0.0937 e. The third-order valence-corrected chi connectivity index (χ3v) is 2.20. The lowest BCUT2D eigenvalue weighted by atomic mass is 9.99. The summed E-state index contributed by atoms with van der Waals surface area (Å²) in [5.41, 5.74) is 0.944. The second kappa shape index (κ2) is 3.58. The molecule has 0 aliphatic heterocycles. The molecule has 0 fully saturated rings. The number of rotatable bonds is 2. The molecule has 1 unspecified atom stereocenters. The monoisotopic (exact) mass is 228 g/mol.